The average molecular weight is 122 g/mol. The Hall–Kier alpha value is -0.990. The van der Waals surface area contributed by atoms with Gasteiger partial charge in [0.05, 0.1) is 11.9 Å². The zero-order valence-electron chi connectivity index (χ0n) is 5.12. The predicted octanol–water partition coefficient (Wildman–Crippen LogP) is 0.638. The van der Waals surface area contributed by atoms with Crippen molar-refractivity contribution in [3.05, 3.63) is 24.9 Å². The van der Waals surface area contributed by atoms with Crippen molar-refractivity contribution in [1.82, 2.24) is 15.4 Å². The minimum Gasteiger partial charge on any atom is -0.139 e. The summed E-state index contributed by atoms with van der Waals surface area (Å²) < 4.78 is 0. The molecule has 3 nitrogen and oxygen atoms in total. The molecule has 47 valence electrons. The summed E-state index contributed by atoms with van der Waals surface area (Å²) in [6.07, 6.45) is 3.38. The number of hydrogen-bond acceptors (Lipinski definition) is 3. The summed E-state index contributed by atoms with van der Waals surface area (Å²) in [6.45, 7) is 3.69. The molecule has 0 atom stereocenters. The lowest BCUT2D eigenvalue weighted by Gasteiger charge is -1.90. The Morgan fingerprint density at radius 2 is 2.44 bits per heavy atom. The third kappa shape index (κ3) is 1.76. The number of nitrogens with zero attached hydrogens (tertiary/aromatic N) is 3. The third-order valence-electron chi connectivity index (χ3n) is 0.991. The van der Waals surface area contributed by atoms with E-state index in [1.54, 1.807) is 6.20 Å². The highest BCUT2D eigenvalue weighted by molar-refractivity contribution is 4.94. The average Bonchev–Trinajstić information content (AvgIpc) is 1.91. The summed E-state index contributed by atoms with van der Waals surface area (Å²) in [5.74, 6) is 0. The van der Waals surface area contributed by atoms with Gasteiger partial charge in [0.1, 0.15) is 0 Å². The fraction of sp³-hybridized carbons (Fsp3) is 0.333. The molecule has 0 N–H and O–H groups in total. The summed E-state index contributed by atoms with van der Waals surface area (Å²) >= 11 is 0. The van der Waals surface area contributed by atoms with E-state index >= 15 is 0 Å². The molecule has 0 aliphatic carbocycles. The number of rotatable bonds is 2. The zero-order valence-corrected chi connectivity index (χ0v) is 5.12. The van der Waals surface area contributed by atoms with Crippen molar-refractivity contribution in [2.45, 2.75) is 12.8 Å². The van der Waals surface area contributed by atoms with Gasteiger partial charge in [0.2, 0.25) is 0 Å². The predicted molar refractivity (Wildman–Crippen MR) is 33.5 cm³/mol. The van der Waals surface area contributed by atoms with Crippen LogP contribution in [-0.2, 0) is 6.42 Å². The van der Waals surface area contributed by atoms with Crippen molar-refractivity contribution in [2.75, 3.05) is 0 Å². The van der Waals surface area contributed by atoms with Crippen LogP contribution in [0.25, 0.3) is 0 Å². The first-order valence-electron chi connectivity index (χ1n) is 2.86. The van der Waals surface area contributed by atoms with Crippen molar-refractivity contribution < 1.29 is 0 Å². The van der Waals surface area contributed by atoms with Gasteiger partial charge in [0.15, 0.2) is 0 Å². The first-order chi connectivity index (χ1) is 4.43. The molecule has 0 aliphatic rings. The van der Waals surface area contributed by atoms with E-state index in [9.17, 15) is 0 Å². The van der Waals surface area contributed by atoms with E-state index in [2.05, 4.69) is 22.3 Å². The summed E-state index contributed by atoms with van der Waals surface area (Å²) in [5.41, 5.74) is 0.958. The second kappa shape index (κ2) is 3.12. The topological polar surface area (TPSA) is 38.7 Å². The summed E-state index contributed by atoms with van der Waals surface area (Å²) in [7, 11) is 0. The second-order valence-corrected chi connectivity index (χ2v) is 1.72. The Morgan fingerprint density at radius 1 is 1.56 bits per heavy atom. The highest BCUT2D eigenvalue weighted by atomic mass is 15.3. The first-order valence-corrected chi connectivity index (χ1v) is 2.86. The van der Waals surface area contributed by atoms with Crippen LogP contribution in [0, 0.1) is 6.92 Å². The maximum absolute atomic E-state index is 3.77. The van der Waals surface area contributed by atoms with Gasteiger partial charge in [-0.3, -0.25) is 0 Å². The molecule has 3 heteroatoms. The van der Waals surface area contributed by atoms with Gasteiger partial charge >= 0.3 is 0 Å². The molecule has 0 spiro atoms. The summed E-state index contributed by atoms with van der Waals surface area (Å²) in [6, 6.07) is 1.85. The van der Waals surface area contributed by atoms with Crippen LogP contribution < -0.4 is 0 Å². The number of hydrogen-bond donors (Lipinski definition) is 0. The van der Waals surface area contributed by atoms with Gasteiger partial charge in [0.25, 0.3) is 0 Å². The van der Waals surface area contributed by atoms with Crippen LogP contribution in [0.4, 0.5) is 0 Å². The van der Waals surface area contributed by atoms with Crippen molar-refractivity contribution in [3.63, 3.8) is 0 Å². The van der Waals surface area contributed by atoms with E-state index in [-0.39, 0.29) is 0 Å². The van der Waals surface area contributed by atoms with Crippen LogP contribution in [0.3, 0.4) is 0 Å². The van der Waals surface area contributed by atoms with Crippen LogP contribution >= 0.6 is 0 Å². The van der Waals surface area contributed by atoms with Crippen LogP contribution in [-0.4, -0.2) is 15.4 Å². The molecule has 0 fully saturated rings. The van der Waals surface area contributed by atoms with Crippen LogP contribution in [0.15, 0.2) is 12.3 Å². The molecule has 0 aliphatic heterocycles. The molecule has 1 radical (unpaired) electrons. The number of aromatic nitrogens is 3. The molecule has 0 saturated heterocycles. The lowest BCUT2D eigenvalue weighted by atomic mass is 10.2. The first kappa shape index (κ1) is 6.13. The largest absolute Gasteiger partial charge is 0.139 e. The molecule has 1 aromatic rings. The van der Waals surface area contributed by atoms with Gasteiger partial charge in [-0.1, -0.05) is 6.92 Å². The Balaban J connectivity index is 2.61. The molecule has 0 unspecified atom stereocenters. The van der Waals surface area contributed by atoms with Crippen molar-refractivity contribution in [3.8, 4) is 0 Å². The fourth-order valence-electron chi connectivity index (χ4n) is 0.580. The Morgan fingerprint density at radius 3 is 3.00 bits per heavy atom. The molecular formula is C6H8N3. The molecule has 0 saturated carbocycles. The second-order valence-electron chi connectivity index (χ2n) is 1.72. The molecule has 1 heterocycles. The van der Waals surface area contributed by atoms with Gasteiger partial charge < -0.3 is 0 Å². The van der Waals surface area contributed by atoms with Gasteiger partial charge in [-0.15, -0.1) is 10.2 Å². The van der Waals surface area contributed by atoms with Gasteiger partial charge in [-0.2, -0.15) is 0 Å². The quantitative estimate of drug-likeness (QED) is 0.577. The third-order valence-corrected chi connectivity index (χ3v) is 0.991. The van der Waals surface area contributed by atoms with E-state index < -0.39 is 0 Å². The normalized spacial score (nSPS) is 9.44. The van der Waals surface area contributed by atoms with Crippen molar-refractivity contribution in [1.29, 1.82) is 0 Å². The summed E-state index contributed by atoms with van der Waals surface area (Å²) in [5, 5.41) is 10.8. The maximum atomic E-state index is 3.77. The lowest BCUT2D eigenvalue weighted by Crippen LogP contribution is -1.92. The molecular weight excluding hydrogens is 114 g/mol. The van der Waals surface area contributed by atoms with Gasteiger partial charge in [-0.05, 0) is 24.1 Å². The van der Waals surface area contributed by atoms with Crippen LogP contribution in [0.1, 0.15) is 12.1 Å². The molecule has 1 rings (SSSR count). The lowest BCUT2D eigenvalue weighted by molar-refractivity contribution is 0.795. The molecule has 1 aromatic heterocycles. The van der Waals surface area contributed by atoms with E-state index in [1.807, 2.05) is 6.07 Å². The van der Waals surface area contributed by atoms with Gasteiger partial charge in [0, 0.05) is 0 Å². The smallest absolute Gasteiger partial charge is 0.0664 e. The van der Waals surface area contributed by atoms with Crippen molar-refractivity contribution in [2.24, 2.45) is 0 Å². The number of aryl methyl sites for hydroxylation is 1. The van der Waals surface area contributed by atoms with E-state index in [1.165, 1.54) is 0 Å². The zero-order chi connectivity index (χ0) is 6.53. The minimum absolute atomic E-state index is 0.860. The SMILES string of the molecule is [CH2]CCc1ccnnn1. The van der Waals surface area contributed by atoms with E-state index in [0.29, 0.717) is 0 Å². The maximum Gasteiger partial charge on any atom is 0.0664 e. The molecule has 9 heavy (non-hydrogen) atoms. The van der Waals surface area contributed by atoms with Crippen LogP contribution in [0.5, 0.6) is 0 Å². The fourth-order valence-corrected chi connectivity index (χ4v) is 0.580. The Kier molecular flexibility index (Phi) is 2.13. The van der Waals surface area contributed by atoms with E-state index in [0.717, 1.165) is 18.5 Å². The molecule has 0 amide bonds. The highest BCUT2D eigenvalue weighted by Crippen LogP contribution is 1.92. The Labute approximate surface area is 54.1 Å². The van der Waals surface area contributed by atoms with E-state index in [4.69, 9.17) is 0 Å². The molecule has 0 aromatic carbocycles. The van der Waals surface area contributed by atoms with Crippen LogP contribution in [0.2, 0.25) is 0 Å². The minimum atomic E-state index is 0.860. The summed E-state index contributed by atoms with van der Waals surface area (Å²) in [4.78, 5) is 0. The monoisotopic (exact) mass is 122 g/mol. The molecule has 0 bridgehead atoms. The Bertz CT molecular complexity index is 161. The van der Waals surface area contributed by atoms with Gasteiger partial charge in [-0.25, -0.2) is 0 Å². The highest BCUT2D eigenvalue weighted by Gasteiger charge is 1.88. The van der Waals surface area contributed by atoms with Crippen molar-refractivity contribution >= 4 is 0 Å². The standard InChI is InChI=1S/C6H8N3/c1-2-3-6-4-5-7-9-8-6/h4-5H,1-3H2.